The third kappa shape index (κ3) is 9.99. The average Bonchev–Trinajstić information content (AvgIpc) is 3.52. The Morgan fingerprint density at radius 2 is 1.48 bits per heavy atom. The van der Waals surface area contributed by atoms with Gasteiger partial charge in [0, 0.05) is 23.5 Å². The van der Waals surface area contributed by atoms with E-state index in [0.717, 1.165) is 45.7 Å². The van der Waals surface area contributed by atoms with Crippen molar-refractivity contribution in [3.63, 3.8) is 0 Å². The van der Waals surface area contributed by atoms with E-state index in [1.807, 2.05) is 36.4 Å². The van der Waals surface area contributed by atoms with Gasteiger partial charge in [-0.25, -0.2) is 9.59 Å². The third-order valence-electron chi connectivity index (χ3n) is 7.45. The lowest BCUT2D eigenvalue weighted by Crippen LogP contribution is -2.35. The number of nitrogens with two attached hydrogens (primary N) is 1. The predicted molar refractivity (Wildman–Crippen MR) is 177 cm³/mol. The zero-order chi connectivity index (χ0) is 36.3. The number of amides is 3. The molecule has 0 unspecified atom stereocenters. The van der Waals surface area contributed by atoms with Gasteiger partial charge in [0.1, 0.15) is 4.88 Å². The Morgan fingerprint density at radius 1 is 0.840 bits per heavy atom. The summed E-state index contributed by atoms with van der Waals surface area (Å²) in [6.45, 7) is 0.552. The third-order valence-corrected chi connectivity index (χ3v) is 8.74. The van der Waals surface area contributed by atoms with Crippen molar-refractivity contribution in [1.29, 1.82) is 0 Å². The lowest BCUT2D eigenvalue weighted by molar-refractivity contribution is -0.204. The Balaban J connectivity index is 0.000000237. The van der Waals surface area contributed by atoms with Crippen molar-refractivity contribution >= 4 is 41.0 Å². The van der Waals surface area contributed by atoms with Crippen molar-refractivity contribution in [3.8, 4) is 0 Å². The topological polar surface area (TPSA) is 177 Å². The van der Waals surface area contributed by atoms with E-state index < -0.39 is 41.9 Å². The van der Waals surface area contributed by atoms with Crippen LogP contribution in [0.5, 0.6) is 0 Å². The largest absolute Gasteiger partial charge is 0.493 e. The molecule has 3 aromatic carbocycles. The van der Waals surface area contributed by atoms with Gasteiger partial charge < -0.3 is 26.3 Å². The fourth-order valence-corrected chi connectivity index (χ4v) is 6.29. The average molecular weight is 711 g/mol. The van der Waals surface area contributed by atoms with Crippen LogP contribution in [0.2, 0.25) is 0 Å². The minimum Gasteiger partial charge on any atom is -0.479 e. The molecule has 1 aliphatic rings. The number of nitrogens with one attached hydrogen (secondary N) is 3. The second-order valence-electron chi connectivity index (χ2n) is 11.0. The molecule has 1 heterocycles. The second-order valence-corrected chi connectivity index (χ2v) is 12.1. The van der Waals surface area contributed by atoms with Gasteiger partial charge in [0.05, 0.1) is 5.56 Å². The Morgan fingerprint density at radius 3 is 2.12 bits per heavy atom. The van der Waals surface area contributed by atoms with Gasteiger partial charge >= 0.3 is 18.1 Å². The van der Waals surface area contributed by atoms with Crippen molar-refractivity contribution in [2.75, 3.05) is 0 Å². The highest BCUT2D eigenvalue weighted by molar-refractivity contribution is 7.14. The van der Waals surface area contributed by atoms with Crippen LogP contribution in [0, 0.1) is 0 Å². The lowest BCUT2D eigenvalue weighted by atomic mass is 9.94. The van der Waals surface area contributed by atoms with Gasteiger partial charge in [-0.2, -0.15) is 18.7 Å². The summed E-state index contributed by atoms with van der Waals surface area (Å²) >= 11 is 1.03. The number of carboxylic acids is 1. The van der Waals surface area contributed by atoms with Gasteiger partial charge in [-0.05, 0) is 60.1 Å². The minimum absolute atomic E-state index is 0.0718. The van der Waals surface area contributed by atoms with Crippen molar-refractivity contribution in [1.82, 2.24) is 16.1 Å². The number of carbonyl (C=O) groups excluding carboxylic acids is 4. The monoisotopic (exact) mass is 710 g/mol. The molecule has 0 saturated carbocycles. The molecule has 0 aliphatic heterocycles. The van der Waals surface area contributed by atoms with Crippen molar-refractivity contribution in [3.05, 3.63) is 128 Å². The zero-order valence-electron chi connectivity index (χ0n) is 26.4. The molecule has 1 atom stereocenters. The highest BCUT2D eigenvalue weighted by Gasteiger charge is 2.42. The number of hydrogen-bond acceptors (Lipinski definition) is 8. The Bertz CT molecular complexity index is 1830. The number of aryl methyl sites for hydroxylation is 1. The number of carbonyl (C=O) groups is 5. The van der Waals surface area contributed by atoms with E-state index in [0.29, 0.717) is 30.5 Å². The summed E-state index contributed by atoms with van der Waals surface area (Å²) in [6.07, 6.45) is -2.24. The first-order valence-corrected chi connectivity index (χ1v) is 16.1. The van der Waals surface area contributed by atoms with Crippen LogP contribution in [0.25, 0.3) is 0 Å². The molecule has 11 nitrogen and oxygen atoms in total. The molecule has 0 saturated heterocycles. The molecule has 0 bridgehead atoms. The summed E-state index contributed by atoms with van der Waals surface area (Å²) in [5.41, 5.74) is 10.5. The van der Waals surface area contributed by atoms with E-state index in [4.69, 9.17) is 5.73 Å². The number of fused-ring (bicyclic) bond motifs is 1. The van der Waals surface area contributed by atoms with E-state index in [-0.39, 0.29) is 17.0 Å². The summed E-state index contributed by atoms with van der Waals surface area (Å²) in [6, 6.07) is 23.4. The number of aliphatic carboxylic acids is 1. The summed E-state index contributed by atoms with van der Waals surface area (Å²) in [5.74, 6) is -5.65. The summed E-state index contributed by atoms with van der Waals surface area (Å²) in [5, 5.41) is 14.5. The van der Waals surface area contributed by atoms with Crippen LogP contribution >= 0.6 is 11.3 Å². The van der Waals surface area contributed by atoms with Gasteiger partial charge in [0.25, 0.3) is 17.7 Å². The van der Waals surface area contributed by atoms with Crippen LogP contribution in [0.4, 0.5) is 13.2 Å². The molecule has 1 aromatic heterocycles. The number of benzene rings is 3. The van der Waals surface area contributed by atoms with E-state index in [9.17, 15) is 42.3 Å². The van der Waals surface area contributed by atoms with Gasteiger partial charge in [-0.3, -0.25) is 14.4 Å². The molecule has 0 fully saturated rings. The van der Waals surface area contributed by atoms with Gasteiger partial charge in [-0.1, -0.05) is 72.8 Å². The molecule has 4 aromatic rings. The SMILES string of the molecule is NCc1cccc(C(=O)N[C@@H](C(=O)O)c2ccccc2)c1.O=C(NOC(=O)C(F)(F)F)c1sc2c(c1C(=O)NCc1ccccc1)CCCC2. The van der Waals surface area contributed by atoms with Gasteiger partial charge in [-0.15, -0.1) is 11.3 Å². The molecular formula is C35H33F3N4O7S. The van der Waals surface area contributed by atoms with Crippen LogP contribution in [-0.4, -0.2) is 40.9 Å². The summed E-state index contributed by atoms with van der Waals surface area (Å²) in [4.78, 5) is 64.1. The first kappa shape index (κ1) is 37.3. The van der Waals surface area contributed by atoms with Crippen molar-refractivity contribution in [2.24, 2.45) is 5.73 Å². The Kier molecular flexibility index (Phi) is 12.8. The van der Waals surface area contributed by atoms with Crippen molar-refractivity contribution < 1.29 is 47.1 Å². The van der Waals surface area contributed by atoms with Crippen LogP contribution < -0.4 is 21.8 Å². The van der Waals surface area contributed by atoms with E-state index in [1.54, 1.807) is 48.5 Å². The van der Waals surface area contributed by atoms with Crippen LogP contribution in [0.3, 0.4) is 0 Å². The van der Waals surface area contributed by atoms with Crippen LogP contribution in [-0.2, 0) is 40.4 Å². The maximum Gasteiger partial charge on any atom is 0.493 e. The number of alkyl halides is 3. The fraction of sp³-hybridized carbons (Fsp3) is 0.229. The maximum atomic E-state index is 12.8. The summed E-state index contributed by atoms with van der Waals surface area (Å²) in [7, 11) is 0. The maximum absolute atomic E-state index is 12.8. The molecule has 6 N–H and O–H groups in total. The number of hydroxylamine groups is 1. The minimum atomic E-state index is -5.24. The number of thiophene rings is 1. The smallest absolute Gasteiger partial charge is 0.479 e. The van der Waals surface area contributed by atoms with Crippen LogP contribution in [0.1, 0.15) is 76.4 Å². The highest BCUT2D eigenvalue weighted by Crippen LogP contribution is 2.34. The molecular weight excluding hydrogens is 677 g/mol. The van der Waals surface area contributed by atoms with Gasteiger partial charge in [0.2, 0.25) is 0 Å². The molecule has 15 heteroatoms. The molecule has 50 heavy (non-hydrogen) atoms. The van der Waals surface area contributed by atoms with E-state index in [2.05, 4.69) is 15.5 Å². The standard InChI is InChI=1S/C19H17F3N2O4S.C16H16N2O3/c20-19(21,22)18(27)28-24-17(26)15-14(12-8-4-5-9-13(12)29-15)16(25)23-10-11-6-2-1-3-7-11;17-10-11-5-4-8-13(9-11)15(19)18-14(16(20)21)12-6-2-1-3-7-12/h1-3,6-7H,4-5,8-10H2,(H,23,25)(H,24,26);1-9,14H,10,17H2,(H,18,19)(H,20,21)/t;14-/m.1/s1. The highest BCUT2D eigenvalue weighted by atomic mass is 32.1. The van der Waals surface area contributed by atoms with Crippen LogP contribution in [0.15, 0.2) is 84.9 Å². The summed E-state index contributed by atoms with van der Waals surface area (Å²) < 4.78 is 36.8. The number of carboxylic acid groups (broad SMARTS) is 1. The van der Waals surface area contributed by atoms with Gasteiger partial charge in [0.15, 0.2) is 6.04 Å². The van der Waals surface area contributed by atoms with E-state index >= 15 is 0 Å². The number of hydrogen-bond donors (Lipinski definition) is 5. The number of rotatable bonds is 9. The van der Waals surface area contributed by atoms with E-state index in [1.165, 1.54) is 5.48 Å². The van der Waals surface area contributed by atoms with Crippen molar-refractivity contribution in [2.45, 2.75) is 51.0 Å². The molecule has 262 valence electrons. The quantitative estimate of drug-likeness (QED) is 0.151. The zero-order valence-corrected chi connectivity index (χ0v) is 27.2. The Labute approximate surface area is 288 Å². The normalized spacial score (nSPS) is 12.6. The molecule has 0 radical (unpaired) electrons. The predicted octanol–water partition coefficient (Wildman–Crippen LogP) is 5.01. The fourth-order valence-electron chi connectivity index (χ4n) is 5.02. The second kappa shape index (κ2) is 17.2. The molecule has 3 amide bonds. The first-order chi connectivity index (χ1) is 23.9. The lowest BCUT2D eigenvalue weighted by Gasteiger charge is -2.15. The molecule has 0 spiro atoms. The Hall–Kier alpha value is -5.54. The molecule has 5 rings (SSSR count). The molecule has 1 aliphatic carbocycles. The number of halogens is 3. The first-order valence-electron chi connectivity index (χ1n) is 15.3.